The minimum atomic E-state index is -0.350. The molecule has 1 N–H and O–H groups in total. The number of halogens is 1. The number of carbonyl (C=O) groups excluding carboxylic acids is 2. The zero-order chi connectivity index (χ0) is 18.8. The van der Waals surface area contributed by atoms with E-state index in [9.17, 15) is 9.59 Å². The first-order valence-electron chi connectivity index (χ1n) is 8.64. The molecule has 4 rings (SSSR count). The summed E-state index contributed by atoms with van der Waals surface area (Å²) in [6.07, 6.45) is 2.22. The Labute approximate surface area is 161 Å². The Balaban J connectivity index is 1.58. The maximum Gasteiger partial charge on any atom is 0.340 e. The number of nitrogens with zero attached hydrogens (tertiary/aromatic N) is 3. The summed E-state index contributed by atoms with van der Waals surface area (Å²) < 4.78 is 0. The first-order chi connectivity index (χ1) is 13.1. The number of pyridine rings is 1. The van der Waals surface area contributed by atoms with Crippen LogP contribution in [-0.2, 0) is 0 Å². The molecule has 0 saturated carbocycles. The molecule has 0 aliphatic carbocycles. The van der Waals surface area contributed by atoms with Crippen LogP contribution in [0.5, 0.6) is 0 Å². The number of nitrogens with one attached hydrogen (secondary N) is 1. The van der Waals surface area contributed by atoms with Gasteiger partial charge in [-0.15, -0.1) is 0 Å². The van der Waals surface area contributed by atoms with E-state index in [4.69, 9.17) is 11.6 Å². The lowest BCUT2D eigenvalue weighted by Gasteiger charge is -2.28. The number of amides is 3. The highest BCUT2D eigenvalue weighted by Crippen LogP contribution is 2.25. The van der Waals surface area contributed by atoms with Crippen molar-refractivity contribution in [1.29, 1.82) is 0 Å². The van der Waals surface area contributed by atoms with Crippen LogP contribution in [0.2, 0.25) is 5.15 Å². The van der Waals surface area contributed by atoms with Crippen LogP contribution in [0.3, 0.4) is 0 Å². The number of anilines is 1. The smallest absolute Gasteiger partial charge is 0.306 e. The van der Waals surface area contributed by atoms with E-state index in [2.05, 4.69) is 10.3 Å². The number of hydrazine groups is 1. The van der Waals surface area contributed by atoms with E-state index in [0.717, 1.165) is 10.8 Å². The summed E-state index contributed by atoms with van der Waals surface area (Å²) in [4.78, 5) is 29.6. The van der Waals surface area contributed by atoms with Gasteiger partial charge >= 0.3 is 6.03 Å². The van der Waals surface area contributed by atoms with Gasteiger partial charge in [-0.3, -0.25) is 4.79 Å². The van der Waals surface area contributed by atoms with Crippen LogP contribution < -0.4 is 5.32 Å². The Bertz CT molecular complexity index is 1020. The fraction of sp³-hybridized carbons (Fsp3) is 0.150. The van der Waals surface area contributed by atoms with Gasteiger partial charge in [-0.05, 0) is 30.0 Å². The molecule has 1 fully saturated rings. The third-order valence-electron chi connectivity index (χ3n) is 4.52. The number of urea groups is 1. The van der Waals surface area contributed by atoms with E-state index in [1.807, 2.05) is 42.5 Å². The second-order valence-corrected chi connectivity index (χ2v) is 6.56. The number of hydrogen-bond acceptors (Lipinski definition) is 3. The van der Waals surface area contributed by atoms with Crippen LogP contribution in [-0.4, -0.2) is 40.0 Å². The molecule has 136 valence electrons. The minimum absolute atomic E-state index is 0.129. The number of fused-ring (bicyclic) bond motifs is 1. The normalized spacial score (nSPS) is 13.8. The van der Waals surface area contributed by atoms with Gasteiger partial charge in [0.1, 0.15) is 5.15 Å². The van der Waals surface area contributed by atoms with Crippen molar-refractivity contribution in [2.24, 2.45) is 0 Å². The topological polar surface area (TPSA) is 65.5 Å². The van der Waals surface area contributed by atoms with Crippen LogP contribution in [0.15, 0.2) is 60.8 Å². The predicted molar refractivity (Wildman–Crippen MR) is 105 cm³/mol. The fourth-order valence-corrected chi connectivity index (χ4v) is 3.43. The SMILES string of the molecule is O=C(Nc1cccc2ccccc12)N1CCCN1C(=O)c1cccnc1Cl. The van der Waals surface area contributed by atoms with Gasteiger partial charge in [0.05, 0.1) is 11.3 Å². The third-order valence-corrected chi connectivity index (χ3v) is 4.82. The summed E-state index contributed by atoms with van der Waals surface area (Å²) in [5.41, 5.74) is 0.987. The Morgan fingerprint density at radius 1 is 0.963 bits per heavy atom. The lowest BCUT2D eigenvalue weighted by atomic mass is 10.1. The fourth-order valence-electron chi connectivity index (χ4n) is 3.23. The molecule has 1 aromatic heterocycles. The van der Waals surface area contributed by atoms with E-state index in [0.29, 0.717) is 25.2 Å². The van der Waals surface area contributed by atoms with E-state index in [-0.39, 0.29) is 22.7 Å². The van der Waals surface area contributed by atoms with Crippen LogP contribution in [0.25, 0.3) is 10.8 Å². The van der Waals surface area contributed by atoms with Crippen molar-refractivity contribution in [1.82, 2.24) is 15.0 Å². The molecule has 1 aliphatic rings. The molecule has 1 aliphatic heterocycles. The van der Waals surface area contributed by atoms with E-state index >= 15 is 0 Å². The highest BCUT2D eigenvalue weighted by Gasteiger charge is 2.32. The van der Waals surface area contributed by atoms with Crippen molar-refractivity contribution in [3.8, 4) is 0 Å². The first-order valence-corrected chi connectivity index (χ1v) is 9.01. The summed E-state index contributed by atoms with van der Waals surface area (Å²) in [5, 5.41) is 7.87. The molecule has 0 bridgehead atoms. The number of aromatic nitrogens is 1. The lowest BCUT2D eigenvalue weighted by molar-refractivity contribution is 0.0404. The van der Waals surface area contributed by atoms with Gasteiger partial charge in [-0.2, -0.15) is 0 Å². The van der Waals surface area contributed by atoms with Gasteiger partial charge in [-0.25, -0.2) is 19.8 Å². The summed E-state index contributed by atoms with van der Waals surface area (Å²) in [6.45, 7) is 0.910. The second-order valence-electron chi connectivity index (χ2n) is 6.20. The molecule has 0 atom stereocenters. The summed E-state index contributed by atoms with van der Waals surface area (Å²) >= 11 is 6.04. The molecule has 2 aromatic carbocycles. The minimum Gasteiger partial charge on any atom is -0.306 e. The van der Waals surface area contributed by atoms with Crippen LogP contribution in [0, 0.1) is 0 Å². The molecule has 6 nitrogen and oxygen atoms in total. The third kappa shape index (κ3) is 3.31. The predicted octanol–water partition coefficient (Wildman–Crippen LogP) is 4.18. The van der Waals surface area contributed by atoms with Crippen molar-refractivity contribution in [3.63, 3.8) is 0 Å². The van der Waals surface area contributed by atoms with Gasteiger partial charge in [0.25, 0.3) is 5.91 Å². The van der Waals surface area contributed by atoms with Crippen LogP contribution in [0.4, 0.5) is 10.5 Å². The Hall–Kier alpha value is -3.12. The quantitative estimate of drug-likeness (QED) is 0.678. The van der Waals surface area contributed by atoms with Gasteiger partial charge in [-0.1, -0.05) is 48.0 Å². The first kappa shape index (κ1) is 17.3. The molecule has 0 spiro atoms. The number of rotatable bonds is 2. The van der Waals surface area contributed by atoms with Crippen molar-refractivity contribution >= 4 is 40.0 Å². The van der Waals surface area contributed by atoms with Crippen molar-refractivity contribution in [3.05, 3.63) is 71.5 Å². The lowest BCUT2D eigenvalue weighted by Crippen LogP contribution is -2.46. The zero-order valence-electron chi connectivity index (χ0n) is 14.4. The molecule has 0 unspecified atom stereocenters. The average molecular weight is 381 g/mol. The molecule has 3 amide bonds. The molecular weight excluding hydrogens is 364 g/mol. The largest absolute Gasteiger partial charge is 0.340 e. The number of carbonyl (C=O) groups is 2. The molecule has 27 heavy (non-hydrogen) atoms. The molecule has 3 aromatic rings. The Morgan fingerprint density at radius 3 is 2.59 bits per heavy atom. The van der Waals surface area contributed by atoms with Crippen LogP contribution in [0.1, 0.15) is 16.8 Å². The van der Waals surface area contributed by atoms with Crippen LogP contribution >= 0.6 is 11.6 Å². The van der Waals surface area contributed by atoms with Crippen molar-refractivity contribution < 1.29 is 9.59 Å². The monoisotopic (exact) mass is 380 g/mol. The molecule has 0 radical (unpaired) electrons. The van der Waals surface area contributed by atoms with Crippen molar-refractivity contribution in [2.75, 3.05) is 18.4 Å². The van der Waals surface area contributed by atoms with Gasteiger partial charge in [0, 0.05) is 24.7 Å². The molecule has 7 heteroatoms. The number of benzene rings is 2. The highest BCUT2D eigenvalue weighted by atomic mass is 35.5. The van der Waals surface area contributed by atoms with Crippen molar-refractivity contribution in [2.45, 2.75) is 6.42 Å². The Kier molecular flexibility index (Phi) is 4.64. The second kappa shape index (κ2) is 7.25. The average Bonchev–Trinajstić information content (AvgIpc) is 3.18. The van der Waals surface area contributed by atoms with Gasteiger partial charge in [0.2, 0.25) is 0 Å². The zero-order valence-corrected chi connectivity index (χ0v) is 15.2. The van der Waals surface area contributed by atoms with E-state index in [1.54, 1.807) is 12.1 Å². The molecule has 1 saturated heterocycles. The maximum absolute atomic E-state index is 12.9. The standard InChI is InChI=1S/C20H17ClN4O2/c21-18-16(9-4-11-22-18)19(26)24-12-5-13-25(24)20(27)23-17-10-3-7-14-6-1-2-8-15(14)17/h1-4,6-11H,5,12-13H2,(H,23,27). The molecular formula is C20H17ClN4O2. The molecule has 2 heterocycles. The van der Waals surface area contributed by atoms with E-state index in [1.165, 1.54) is 16.2 Å². The summed E-state index contributed by atoms with van der Waals surface area (Å²) in [7, 11) is 0. The van der Waals surface area contributed by atoms with Gasteiger partial charge < -0.3 is 5.32 Å². The maximum atomic E-state index is 12.9. The highest BCUT2D eigenvalue weighted by molar-refractivity contribution is 6.32. The Morgan fingerprint density at radius 2 is 1.74 bits per heavy atom. The van der Waals surface area contributed by atoms with E-state index < -0.39 is 0 Å². The summed E-state index contributed by atoms with van der Waals surface area (Å²) in [5.74, 6) is -0.335. The number of hydrogen-bond donors (Lipinski definition) is 1. The van der Waals surface area contributed by atoms with Gasteiger partial charge in [0.15, 0.2) is 0 Å². The summed E-state index contributed by atoms with van der Waals surface area (Å²) in [6, 6.07) is 16.4.